The van der Waals surface area contributed by atoms with Crippen LogP contribution in [0.2, 0.25) is 0 Å². The normalized spacial score (nSPS) is 31.1. The third kappa shape index (κ3) is 2.57. The molecule has 1 amide bonds. The standard InChI is InChI=1S/C13H24N2O/c1-10(2)12-5-7-15(9-12)13(16)11-4-3-6-14-8-11/h10-12,14H,3-9H2,1-2H3. The minimum Gasteiger partial charge on any atom is -0.342 e. The quantitative estimate of drug-likeness (QED) is 0.771. The van der Waals surface area contributed by atoms with Crippen LogP contribution in [0.5, 0.6) is 0 Å². The van der Waals surface area contributed by atoms with Gasteiger partial charge in [0.05, 0.1) is 5.92 Å². The number of hydrogen-bond acceptors (Lipinski definition) is 2. The van der Waals surface area contributed by atoms with Crippen LogP contribution in [0.1, 0.15) is 33.1 Å². The molecule has 16 heavy (non-hydrogen) atoms. The molecule has 0 aromatic rings. The largest absolute Gasteiger partial charge is 0.342 e. The summed E-state index contributed by atoms with van der Waals surface area (Å²) in [6, 6.07) is 0. The number of carbonyl (C=O) groups excluding carboxylic acids is 1. The van der Waals surface area contributed by atoms with Crippen molar-refractivity contribution >= 4 is 5.91 Å². The number of amides is 1. The van der Waals surface area contributed by atoms with E-state index in [1.165, 1.54) is 6.42 Å². The molecule has 2 unspecified atom stereocenters. The molecule has 1 N–H and O–H groups in total. The molecule has 92 valence electrons. The van der Waals surface area contributed by atoms with E-state index in [4.69, 9.17) is 0 Å². The van der Waals surface area contributed by atoms with Gasteiger partial charge in [-0.05, 0) is 37.6 Å². The molecule has 0 aliphatic carbocycles. The smallest absolute Gasteiger partial charge is 0.226 e. The van der Waals surface area contributed by atoms with E-state index in [1.807, 2.05) is 0 Å². The molecule has 0 spiro atoms. The molecule has 3 heteroatoms. The molecule has 0 aromatic carbocycles. The highest BCUT2D eigenvalue weighted by Gasteiger charge is 2.32. The van der Waals surface area contributed by atoms with Crippen LogP contribution in [0.3, 0.4) is 0 Å². The second-order valence-electron chi connectivity index (χ2n) is 5.62. The first-order valence-corrected chi connectivity index (χ1v) is 6.68. The number of hydrogen-bond donors (Lipinski definition) is 1. The minimum atomic E-state index is 0.250. The van der Waals surface area contributed by atoms with Crippen molar-refractivity contribution in [3.63, 3.8) is 0 Å². The van der Waals surface area contributed by atoms with E-state index in [2.05, 4.69) is 24.1 Å². The second-order valence-corrected chi connectivity index (χ2v) is 5.62. The van der Waals surface area contributed by atoms with Crippen LogP contribution in [0.15, 0.2) is 0 Å². The average molecular weight is 224 g/mol. The Morgan fingerprint density at radius 3 is 2.75 bits per heavy atom. The molecular formula is C13H24N2O. The SMILES string of the molecule is CC(C)C1CCN(C(=O)C2CCCNC2)C1. The lowest BCUT2D eigenvalue weighted by Crippen LogP contribution is -2.42. The third-order valence-electron chi connectivity index (χ3n) is 4.13. The summed E-state index contributed by atoms with van der Waals surface area (Å²) in [6.07, 6.45) is 3.43. The van der Waals surface area contributed by atoms with Gasteiger partial charge in [-0.1, -0.05) is 13.8 Å². The van der Waals surface area contributed by atoms with Gasteiger partial charge in [-0.3, -0.25) is 4.79 Å². The fraction of sp³-hybridized carbons (Fsp3) is 0.923. The molecule has 2 atom stereocenters. The average Bonchev–Trinajstić information content (AvgIpc) is 2.78. The van der Waals surface area contributed by atoms with E-state index in [-0.39, 0.29) is 5.92 Å². The molecule has 0 saturated carbocycles. The van der Waals surface area contributed by atoms with Crippen LogP contribution in [-0.4, -0.2) is 37.0 Å². The Balaban J connectivity index is 1.86. The van der Waals surface area contributed by atoms with E-state index in [0.29, 0.717) is 11.8 Å². The van der Waals surface area contributed by atoms with Gasteiger partial charge in [0.15, 0.2) is 0 Å². The fourth-order valence-corrected chi connectivity index (χ4v) is 2.85. The van der Waals surface area contributed by atoms with Crippen molar-refractivity contribution in [2.24, 2.45) is 17.8 Å². The number of nitrogens with zero attached hydrogens (tertiary/aromatic N) is 1. The lowest BCUT2D eigenvalue weighted by molar-refractivity contribution is -0.135. The molecule has 2 saturated heterocycles. The number of carbonyl (C=O) groups is 1. The Bertz CT molecular complexity index is 246. The van der Waals surface area contributed by atoms with Gasteiger partial charge in [-0.25, -0.2) is 0 Å². The van der Waals surface area contributed by atoms with Crippen LogP contribution < -0.4 is 5.32 Å². The number of likely N-dealkylation sites (tertiary alicyclic amines) is 1. The van der Waals surface area contributed by atoms with Crippen molar-refractivity contribution in [2.45, 2.75) is 33.1 Å². The van der Waals surface area contributed by atoms with E-state index >= 15 is 0 Å². The van der Waals surface area contributed by atoms with Gasteiger partial charge in [-0.15, -0.1) is 0 Å². The molecule has 3 nitrogen and oxygen atoms in total. The molecule has 2 fully saturated rings. The summed E-state index contributed by atoms with van der Waals surface area (Å²) in [6.45, 7) is 8.48. The number of rotatable bonds is 2. The Morgan fingerprint density at radius 1 is 1.38 bits per heavy atom. The second kappa shape index (κ2) is 5.17. The molecule has 2 aliphatic heterocycles. The Labute approximate surface area is 98.6 Å². The number of piperidine rings is 1. The molecule has 0 bridgehead atoms. The monoisotopic (exact) mass is 224 g/mol. The minimum absolute atomic E-state index is 0.250. The maximum atomic E-state index is 12.3. The van der Waals surface area contributed by atoms with Gasteiger partial charge >= 0.3 is 0 Å². The third-order valence-corrected chi connectivity index (χ3v) is 4.13. The maximum Gasteiger partial charge on any atom is 0.226 e. The van der Waals surface area contributed by atoms with Gasteiger partial charge in [-0.2, -0.15) is 0 Å². The first-order valence-electron chi connectivity index (χ1n) is 6.68. The molecular weight excluding hydrogens is 200 g/mol. The van der Waals surface area contributed by atoms with Gasteiger partial charge in [0, 0.05) is 19.6 Å². The van der Waals surface area contributed by atoms with Crippen molar-refractivity contribution < 1.29 is 4.79 Å². The van der Waals surface area contributed by atoms with E-state index in [9.17, 15) is 4.79 Å². The highest BCUT2D eigenvalue weighted by Crippen LogP contribution is 2.25. The summed E-state index contributed by atoms with van der Waals surface area (Å²) in [7, 11) is 0. The van der Waals surface area contributed by atoms with Crippen LogP contribution in [0.4, 0.5) is 0 Å². The number of nitrogens with one attached hydrogen (secondary N) is 1. The molecule has 2 heterocycles. The van der Waals surface area contributed by atoms with Crippen molar-refractivity contribution in [1.29, 1.82) is 0 Å². The van der Waals surface area contributed by atoms with Crippen LogP contribution in [0, 0.1) is 17.8 Å². The van der Waals surface area contributed by atoms with Crippen LogP contribution in [-0.2, 0) is 4.79 Å². The van der Waals surface area contributed by atoms with E-state index in [0.717, 1.165) is 44.9 Å². The lowest BCUT2D eigenvalue weighted by atomic mass is 9.95. The van der Waals surface area contributed by atoms with Crippen LogP contribution in [0.25, 0.3) is 0 Å². The Morgan fingerprint density at radius 2 is 2.19 bits per heavy atom. The summed E-state index contributed by atoms with van der Waals surface area (Å²) < 4.78 is 0. The first kappa shape index (κ1) is 11.9. The lowest BCUT2D eigenvalue weighted by Gasteiger charge is -2.27. The van der Waals surface area contributed by atoms with Crippen LogP contribution >= 0.6 is 0 Å². The van der Waals surface area contributed by atoms with Crippen molar-refractivity contribution in [1.82, 2.24) is 10.2 Å². The van der Waals surface area contributed by atoms with Crippen molar-refractivity contribution in [3.8, 4) is 0 Å². The highest BCUT2D eigenvalue weighted by atomic mass is 16.2. The summed E-state index contributed by atoms with van der Waals surface area (Å²) in [5.74, 6) is 2.08. The van der Waals surface area contributed by atoms with Gasteiger partial charge in [0.1, 0.15) is 0 Å². The maximum absolute atomic E-state index is 12.3. The molecule has 2 aliphatic rings. The van der Waals surface area contributed by atoms with E-state index in [1.54, 1.807) is 0 Å². The summed E-state index contributed by atoms with van der Waals surface area (Å²) in [5.41, 5.74) is 0. The molecule has 0 radical (unpaired) electrons. The Hall–Kier alpha value is -0.570. The zero-order valence-electron chi connectivity index (χ0n) is 10.5. The van der Waals surface area contributed by atoms with Crippen molar-refractivity contribution in [2.75, 3.05) is 26.2 Å². The first-order chi connectivity index (χ1) is 7.68. The van der Waals surface area contributed by atoms with Gasteiger partial charge in [0.2, 0.25) is 5.91 Å². The van der Waals surface area contributed by atoms with Gasteiger partial charge in [0.25, 0.3) is 0 Å². The molecule has 0 aromatic heterocycles. The summed E-state index contributed by atoms with van der Waals surface area (Å²) in [5, 5.41) is 3.33. The predicted molar refractivity (Wildman–Crippen MR) is 65.1 cm³/mol. The van der Waals surface area contributed by atoms with Crippen molar-refractivity contribution in [3.05, 3.63) is 0 Å². The summed E-state index contributed by atoms with van der Waals surface area (Å²) >= 11 is 0. The topological polar surface area (TPSA) is 32.3 Å². The predicted octanol–water partition coefficient (Wildman–Crippen LogP) is 1.49. The fourth-order valence-electron chi connectivity index (χ4n) is 2.85. The van der Waals surface area contributed by atoms with Gasteiger partial charge < -0.3 is 10.2 Å². The summed E-state index contributed by atoms with van der Waals surface area (Å²) in [4.78, 5) is 14.4. The zero-order chi connectivity index (χ0) is 11.5. The zero-order valence-corrected chi connectivity index (χ0v) is 10.5. The Kier molecular flexibility index (Phi) is 3.85. The van der Waals surface area contributed by atoms with E-state index < -0.39 is 0 Å². The highest BCUT2D eigenvalue weighted by molar-refractivity contribution is 5.79. The molecule has 2 rings (SSSR count).